The van der Waals surface area contributed by atoms with Crippen molar-refractivity contribution in [3.8, 4) is 12.3 Å². The normalized spacial score (nSPS) is 56.0. The zero-order valence-electron chi connectivity index (χ0n) is 16.1. The van der Waals surface area contributed by atoms with Gasteiger partial charge in [0.25, 0.3) is 0 Å². The summed E-state index contributed by atoms with van der Waals surface area (Å²) in [6.07, 6.45) is 11.5. The summed E-state index contributed by atoms with van der Waals surface area (Å²) in [6.45, 7) is 4.40. The van der Waals surface area contributed by atoms with E-state index in [9.17, 15) is 15.3 Å². The summed E-state index contributed by atoms with van der Waals surface area (Å²) in [5.74, 6) is 3.23. The lowest BCUT2D eigenvalue weighted by atomic mass is 9.46. The minimum Gasteiger partial charge on any atom is -0.393 e. The Morgan fingerprint density at radius 2 is 1.92 bits per heavy atom. The highest BCUT2D eigenvalue weighted by Gasteiger charge is 2.68. The van der Waals surface area contributed by atoms with Crippen molar-refractivity contribution in [2.24, 2.45) is 28.6 Å². The van der Waals surface area contributed by atoms with Crippen LogP contribution < -0.4 is 0 Å². The van der Waals surface area contributed by atoms with E-state index in [-0.39, 0.29) is 29.5 Å². The van der Waals surface area contributed by atoms with Crippen LogP contribution >= 0.6 is 0 Å². The van der Waals surface area contributed by atoms with E-state index in [4.69, 9.17) is 11.2 Å². The third-order valence-corrected chi connectivity index (χ3v) is 8.80. The lowest BCUT2D eigenvalue weighted by molar-refractivity contribution is -0.139. The van der Waals surface area contributed by atoms with Crippen LogP contribution in [0.15, 0.2) is 11.6 Å². The van der Waals surface area contributed by atoms with Crippen molar-refractivity contribution in [3.63, 3.8) is 0 Å². The van der Waals surface area contributed by atoms with Gasteiger partial charge in [0, 0.05) is 12.5 Å². The van der Waals surface area contributed by atoms with Crippen molar-refractivity contribution in [1.29, 1.82) is 0 Å². The van der Waals surface area contributed by atoms with Gasteiger partial charge < -0.3 is 20.1 Å². The van der Waals surface area contributed by atoms with Gasteiger partial charge in [0.05, 0.1) is 18.3 Å². The number of aliphatic hydroxyl groups is 3. The standard InChI is InChI=1S/C22H32O4/c1-5-22(25)18(26-4)12-16-19-15(7-9-21(16,22)3)20(2)8-6-14(23)10-13(20)11-17(19)24/h1,11,14-19,23-25H,6-10,12H2,2-4H3/t14-,15+,16+,17+,18-,19-,20+,21+,22+/m1/s1. The van der Waals surface area contributed by atoms with E-state index < -0.39 is 17.1 Å². The summed E-state index contributed by atoms with van der Waals surface area (Å²) in [7, 11) is 1.62. The molecule has 0 heterocycles. The number of ether oxygens (including phenoxy) is 1. The first-order chi connectivity index (χ1) is 12.2. The molecule has 26 heavy (non-hydrogen) atoms. The minimum atomic E-state index is -1.29. The van der Waals surface area contributed by atoms with Crippen LogP contribution in [0.1, 0.15) is 52.4 Å². The minimum absolute atomic E-state index is 0.0316. The Kier molecular flexibility index (Phi) is 4.14. The molecular formula is C22H32O4. The first kappa shape index (κ1) is 18.5. The van der Waals surface area contributed by atoms with E-state index in [2.05, 4.69) is 19.8 Å². The molecule has 3 saturated carbocycles. The highest BCUT2D eigenvalue weighted by Crippen LogP contribution is 2.67. The molecule has 0 amide bonds. The van der Waals surface area contributed by atoms with E-state index in [1.807, 2.05) is 6.08 Å². The van der Waals surface area contributed by atoms with Crippen molar-refractivity contribution in [3.05, 3.63) is 11.6 Å². The van der Waals surface area contributed by atoms with Crippen LogP contribution in [0, 0.1) is 40.9 Å². The quantitative estimate of drug-likeness (QED) is 0.496. The molecule has 0 aliphatic heterocycles. The molecule has 9 atom stereocenters. The topological polar surface area (TPSA) is 69.9 Å². The highest BCUT2D eigenvalue weighted by atomic mass is 16.5. The summed E-state index contributed by atoms with van der Waals surface area (Å²) in [4.78, 5) is 0. The molecule has 4 nitrogen and oxygen atoms in total. The van der Waals surface area contributed by atoms with Crippen LogP contribution in [-0.4, -0.2) is 46.3 Å². The average Bonchev–Trinajstić information content (AvgIpc) is 2.84. The molecule has 0 bridgehead atoms. The Labute approximate surface area is 156 Å². The molecule has 0 radical (unpaired) electrons. The van der Waals surface area contributed by atoms with Crippen LogP contribution in [0.25, 0.3) is 0 Å². The lowest BCUT2D eigenvalue weighted by Gasteiger charge is -2.59. The summed E-state index contributed by atoms with van der Waals surface area (Å²) < 4.78 is 5.61. The molecule has 0 unspecified atom stereocenters. The lowest BCUT2D eigenvalue weighted by Crippen LogP contribution is -2.58. The maximum absolute atomic E-state index is 11.3. The molecule has 4 rings (SSSR count). The number of rotatable bonds is 1. The highest BCUT2D eigenvalue weighted by molar-refractivity contribution is 5.32. The fourth-order valence-corrected chi connectivity index (χ4v) is 7.16. The predicted molar refractivity (Wildman–Crippen MR) is 99.1 cm³/mol. The molecular weight excluding hydrogens is 328 g/mol. The molecule has 3 N–H and O–H groups in total. The number of aliphatic hydroxyl groups excluding tert-OH is 2. The van der Waals surface area contributed by atoms with Gasteiger partial charge in [-0.15, -0.1) is 6.42 Å². The molecule has 0 aromatic rings. The van der Waals surface area contributed by atoms with Gasteiger partial charge in [-0.3, -0.25) is 0 Å². The van der Waals surface area contributed by atoms with Crippen LogP contribution in [0.4, 0.5) is 0 Å². The average molecular weight is 360 g/mol. The number of methoxy groups -OCH3 is 1. The molecule has 0 aromatic heterocycles. The van der Waals surface area contributed by atoms with Crippen molar-refractivity contribution < 1.29 is 20.1 Å². The van der Waals surface area contributed by atoms with Gasteiger partial charge in [-0.25, -0.2) is 0 Å². The molecule has 4 aliphatic rings. The Morgan fingerprint density at radius 1 is 1.19 bits per heavy atom. The zero-order chi connectivity index (χ0) is 18.9. The summed E-state index contributed by atoms with van der Waals surface area (Å²) in [5.41, 5.74) is -0.475. The third kappa shape index (κ3) is 2.12. The Hall–Kier alpha value is -0.860. The second-order valence-corrected chi connectivity index (χ2v) is 9.61. The molecule has 3 fully saturated rings. The van der Waals surface area contributed by atoms with Crippen LogP contribution in [0.5, 0.6) is 0 Å². The van der Waals surface area contributed by atoms with Gasteiger partial charge in [-0.1, -0.05) is 31.4 Å². The van der Waals surface area contributed by atoms with E-state index in [1.165, 1.54) is 5.57 Å². The number of hydrogen-bond acceptors (Lipinski definition) is 4. The second-order valence-electron chi connectivity index (χ2n) is 9.61. The maximum atomic E-state index is 11.3. The monoisotopic (exact) mass is 360 g/mol. The van der Waals surface area contributed by atoms with Crippen LogP contribution in [-0.2, 0) is 4.74 Å². The SMILES string of the molecule is C#C[C@]1(O)[C@H](OC)C[C@H]2[C@@H]3[C@@H](O)C=C4C[C@H](O)CC[C@]4(C)[C@H]3CC[C@@]21C. The number of fused-ring (bicyclic) bond motifs is 5. The van der Waals surface area contributed by atoms with Gasteiger partial charge in [0.15, 0.2) is 5.60 Å². The van der Waals surface area contributed by atoms with E-state index in [0.717, 1.165) is 25.7 Å². The molecule has 0 saturated heterocycles. The van der Waals surface area contributed by atoms with Gasteiger partial charge in [0.2, 0.25) is 0 Å². The Balaban J connectivity index is 1.76. The molecule has 0 aromatic carbocycles. The first-order valence-electron chi connectivity index (χ1n) is 10.0. The van der Waals surface area contributed by atoms with Crippen molar-refractivity contribution in [1.82, 2.24) is 0 Å². The van der Waals surface area contributed by atoms with Gasteiger partial charge in [-0.2, -0.15) is 0 Å². The van der Waals surface area contributed by atoms with Crippen LogP contribution in [0.3, 0.4) is 0 Å². The van der Waals surface area contributed by atoms with Gasteiger partial charge in [-0.05, 0) is 61.7 Å². The van der Waals surface area contributed by atoms with Crippen molar-refractivity contribution >= 4 is 0 Å². The summed E-state index contributed by atoms with van der Waals surface area (Å²) in [5, 5.41) is 32.5. The third-order valence-electron chi connectivity index (χ3n) is 8.80. The second kappa shape index (κ2) is 5.82. The summed E-state index contributed by atoms with van der Waals surface area (Å²) >= 11 is 0. The Bertz CT molecular complexity index is 666. The smallest absolute Gasteiger partial charge is 0.156 e. The zero-order valence-corrected chi connectivity index (χ0v) is 16.1. The predicted octanol–water partition coefficient (Wildman–Crippen LogP) is 2.27. The largest absolute Gasteiger partial charge is 0.393 e. The van der Waals surface area contributed by atoms with E-state index in [0.29, 0.717) is 18.8 Å². The molecule has 4 heteroatoms. The summed E-state index contributed by atoms with van der Waals surface area (Å²) in [6, 6.07) is 0. The van der Waals surface area contributed by atoms with Crippen LogP contribution in [0.2, 0.25) is 0 Å². The van der Waals surface area contributed by atoms with Crippen molar-refractivity contribution in [2.45, 2.75) is 76.3 Å². The number of hydrogen-bond donors (Lipinski definition) is 3. The van der Waals surface area contributed by atoms with E-state index in [1.54, 1.807) is 7.11 Å². The molecule has 4 aliphatic carbocycles. The van der Waals surface area contributed by atoms with E-state index >= 15 is 0 Å². The Morgan fingerprint density at radius 3 is 2.58 bits per heavy atom. The number of terminal acetylenes is 1. The molecule has 0 spiro atoms. The van der Waals surface area contributed by atoms with Gasteiger partial charge >= 0.3 is 0 Å². The fourth-order valence-electron chi connectivity index (χ4n) is 7.16. The first-order valence-corrected chi connectivity index (χ1v) is 10.0. The van der Waals surface area contributed by atoms with Crippen molar-refractivity contribution in [2.75, 3.05) is 7.11 Å². The van der Waals surface area contributed by atoms with Gasteiger partial charge in [0.1, 0.15) is 0 Å². The maximum Gasteiger partial charge on any atom is 0.156 e. The molecule has 144 valence electrons. The fraction of sp³-hybridized carbons (Fsp3) is 0.818.